The monoisotopic (exact) mass is 347 g/mol. The van der Waals surface area contributed by atoms with Crippen molar-refractivity contribution in [2.24, 2.45) is 0 Å². The lowest BCUT2D eigenvalue weighted by molar-refractivity contribution is -0.131. The van der Waals surface area contributed by atoms with Crippen LogP contribution in [0.15, 0.2) is 30.5 Å². The number of aromatic nitrogens is 1. The second kappa shape index (κ2) is 7.41. The number of anilines is 2. The molecule has 0 saturated carbocycles. The smallest absolute Gasteiger partial charge is 0.308 e. The van der Waals surface area contributed by atoms with Crippen LogP contribution in [0.1, 0.15) is 17.3 Å². The molecule has 1 aromatic heterocycles. The van der Waals surface area contributed by atoms with Crippen LogP contribution >= 0.6 is 11.3 Å². The van der Waals surface area contributed by atoms with Gasteiger partial charge in [-0.2, -0.15) is 0 Å². The zero-order valence-electron chi connectivity index (χ0n) is 13.2. The summed E-state index contributed by atoms with van der Waals surface area (Å²) >= 11 is 1.42. The fraction of sp³-hybridized carbons (Fsp3) is 0.312. The number of hydrogen-bond acceptors (Lipinski definition) is 7. The Morgan fingerprint density at radius 3 is 2.88 bits per heavy atom. The largest absolute Gasteiger partial charge is 0.427 e. The van der Waals surface area contributed by atoms with Crippen LogP contribution in [0.4, 0.5) is 10.1 Å². The number of hydrogen-bond donors (Lipinski definition) is 1. The minimum atomic E-state index is -0.428. The van der Waals surface area contributed by atoms with Gasteiger partial charge in [-0.3, -0.25) is 14.9 Å². The molecule has 0 atom stereocenters. The Bertz CT molecular complexity index is 740. The van der Waals surface area contributed by atoms with Gasteiger partial charge in [0.1, 0.15) is 10.8 Å². The van der Waals surface area contributed by atoms with E-state index in [1.807, 2.05) is 0 Å². The van der Waals surface area contributed by atoms with Gasteiger partial charge in [-0.1, -0.05) is 17.4 Å². The van der Waals surface area contributed by atoms with E-state index in [-0.39, 0.29) is 5.91 Å². The van der Waals surface area contributed by atoms with Crippen molar-refractivity contribution in [3.05, 3.63) is 36.0 Å². The highest BCUT2D eigenvalue weighted by atomic mass is 32.1. The van der Waals surface area contributed by atoms with Crippen LogP contribution in [-0.4, -0.2) is 43.2 Å². The Labute approximate surface area is 143 Å². The molecule has 2 heterocycles. The number of nitrogens with one attached hydrogen (secondary N) is 1. The highest BCUT2D eigenvalue weighted by Gasteiger charge is 2.16. The van der Waals surface area contributed by atoms with E-state index >= 15 is 0 Å². The molecule has 1 fully saturated rings. The standard InChI is InChI=1S/C16H17N3O4S/c1-11(20)23-13-4-2-3-12(9-13)15(21)18-16-17-10-14(24-16)19-5-7-22-8-6-19/h2-4,9-10H,5-8H2,1H3,(H,17,18,21). The molecule has 8 heteroatoms. The molecule has 1 amide bonds. The zero-order chi connectivity index (χ0) is 16.9. The molecule has 3 rings (SSSR count). The van der Waals surface area contributed by atoms with Crippen molar-refractivity contribution in [3.8, 4) is 5.75 Å². The van der Waals surface area contributed by atoms with Gasteiger partial charge in [0, 0.05) is 25.6 Å². The minimum absolute atomic E-state index is 0.299. The van der Waals surface area contributed by atoms with Crippen molar-refractivity contribution in [3.63, 3.8) is 0 Å². The second-order valence-electron chi connectivity index (χ2n) is 5.18. The molecule has 1 saturated heterocycles. The first-order valence-electron chi connectivity index (χ1n) is 7.50. The molecule has 1 N–H and O–H groups in total. The lowest BCUT2D eigenvalue weighted by atomic mass is 10.2. The summed E-state index contributed by atoms with van der Waals surface area (Å²) < 4.78 is 10.3. The predicted molar refractivity (Wildman–Crippen MR) is 90.9 cm³/mol. The van der Waals surface area contributed by atoms with Gasteiger partial charge in [0.05, 0.1) is 19.4 Å². The van der Waals surface area contributed by atoms with E-state index in [4.69, 9.17) is 9.47 Å². The van der Waals surface area contributed by atoms with Crippen LogP contribution in [0.2, 0.25) is 0 Å². The molecular formula is C16H17N3O4S. The van der Waals surface area contributed by atoms with Gasteiger partial charge in [0.2, 0.25) is 0 Å². The first-order chi connectivity index (χ1) is 11.6. The molecule has 1 aliphatic heterocycles. The number of esters is 1. The molecule has 126 valence electrons. The van der Waals surface area contributed by atoms with Crippen LogP contribution in [0.3, 0.4) is 0 Å². The molecule has 24 heavy (non-hydrogen) atoms. The van der Waals surface area contributed by atoms with E-state index in [0.717, 1.165) is 18.1 Å². The normalized spacial score (nSPS) is 14.3. The maximum absolute atomic E-state index is 12.3. The summed E-state index contributed by atoms with van der Waals surface area (Å²) in [6.07, 6.45) is 1.75. The van der Waals surface area contributed by atoms with Gasteiger partial charge in [0.15, 0.2) is 5.13 Å². The first-order valence-corrected chi connectivity index (χ1v) is 8.32. The zero-order valence-corrected chi connectivity index (χ0v) is 14.0. The van der Waals surface area contributed by atoms with Crippen LogP contribution < -0.4 is 15.0 Å². The number of amides is 1. The molecular weight excluding hydrogens is 330 g/mol. The molecule has 7 nitrogen and oxygen atoms in total. The summed E-state index contributed by atoms with van der Waals surface area (Å²) in [7, 11) is 0. The molecule has 0 bridgehead atoms. The number of thiazole rings is 1. The van der Waals surface area contributed by atoms with Gasteiger partial charge in [-0.05, 0) is 18.2 Å². The molecule has 1 aliphatic rings. The summed E-state index contributed by atoms with van der Waals surface area (Å²) in [5.74, 6) is -0.391. The van der Waals surface area contributed by atoms with E-state index in [1.165, 1.54) is 24.3 Å². The molecule has 1 aromatic carbocycles. The van der Waals surface area contributed by atoms with Gasteiger partial charge in [-0.25, -0.2) is 4.98 Å². The fourth-order valence-electron chi connectivity index (χ4n) is 2.29. The Kier molecular flexibility index (Phi) is 5.07. The number of ether oxygens (including phenoxy) is 2. The first kappa shape index (κ1) is 16.4. The molecule has 0 spiro atoms. The SMILES string of the molecule is CC(=O)Oc1cccc(C(=O)Nc2ncc(N3CCOCC3)s2)c1. The number of carbonyl (C=O) groups is 2. The Morgan fingerprint density at radius 2 is 2.12 bits per heavy atom. The summed E-state index contributed by atoms with van der Waals surface area (Å²) in [6.45, 7) is 4.35. The summed E-state index contributed by atoms with van der Waals surface area (Å²) in [5, 5.41) is 4.30. The summed E-state index contributed by atoms with van der Waals surface area (Å²) in [6, 6.07) is 6.46. The summed E-state index contributed by atoms with van der Waals surface area (Å²) in [4.78, 5) is 29.7. The third-order valence-corrected chi connectivity index (χ3v) is 4.37. The van der Waals surface area contributed by atoms with Gasteiger partial charge >= 0.3 is 5.97 Å². The number of rotatable bonds is 4. The van der Waals surface area contributed by atoms with Gasteiger partial charge in [0.25, 0.3) is 5.91 Å². The van der Waals surface area contributed by atoms with Crippen molar-refractivity contribution in [1.82, 2.24) is 4.98 Å². The van der Waals surface area contributed by atoms with E-state index in [1.54, 1.807) is 24.4 Å². The fourth-order valence-corrected chi connectivity index (χ4v) is 3.15. The average molecular weight is 347 g/mol. The van der Waals surface area contributed by atoms with Crippen LogP contribution in [-0.2, 0) is 9.53 Å². The lowest BCUT2D eigenvalue weighted by Gasteiger charge is -2.26. The van der Waals surface area contributed by atoms with Crippen molar-refractivity contribution < 1.29 is 19.1 Å². The third kappa shape index (κ3) is 4.09. The maximum Gasteiger partial charge on any atom is 0.308 e. The van der Waals surface area contributed by atoms with E-state index < -0.39 is 5.97 Å². The van der Waals surface area contributed by atoms with Gasteiger partial charge < -0.3 is 14.4 Å². The van der Waals surface area contributed by atoms with Crippen molar-refractivity contribution in [1.29, 1.82) is 0 Å². The van der Waals surface area contributed by atoms with Crippen LogP contribution in [0.5, 0.6) is 5.75 Å². The minimum Gasteiger partial charge on any atom is -0.427 e. The predicted octanol–water partition coefficient (Wildman–Crippen LogP) is 2.16. The molecule has 0 aliphatic carbocycles. The lowest BCUT2D eigenvalue weighted by Crippen LogP contribution is -2.35. The number of carbonyl (C=O) groups excluding carboxylic acids is 2. The van der Waals surface area contributed by atoms with E-state index in [9.17, 15) is 9.59 Å². The Hall–Kier alpha value is -2.45. The average Bonchev–Trinajstić information content (AvgIpc) is 3.04. The third-order valence-electron chi connectivity index (χ3n) is 3.39. The molecule has 0 unspecified atom stereocenters. The Balaban J connectivity index is 1.66. The second-order valence-corrected chi connectivity index (χ2v) is 6.19. The van der Waals surface area contributed by atoms with Crippen molar-refractivity contribution in [2.75, 3.05) is 36.5 Å². The van der Waals surface area contributed by atoms with Crippen LogP contribution in [0, 0.1) is 0 Å². The topological polar surface area (TPSA) is 80.8 Å². The van der Waals surface area contributed by atoms with Gasteiger partial charge in [-0.15, -0.1) is 0 Å². The summed E-state index contributed by atoms with van der Waals surface area (Å²) in [5.41, 5.74) is 0.400. The number of benzene rings is 1. The Morgan fingerprint density at radius 1 is 1.33 bits per heavy atom. The maximum atomic E-state index is 12.3. The highest BCUT2D eigenvalue weighted by molar-refractivity contribution is 7.19. The quantitative estimate of drug-likeness (QED) is 0.674. The van der Waals surface area contributed by atoms with E-state index in [0.29, 0.717) is 29.7 Å². The molecule has 2 aromatic rings. The van der Waals surface area contributed by atoms with Crippen LogP contribution in [0.25, 0.3) is 0 Å². The molecule has 0 radical (unpaired) electrons. The van der Waals surface area contributed by atoms with Crippen molar-refractivity contribution in [2.45, 2.75) is 6.92 Å². The van der Waals surface area contributed by atoms with Crippen molar-refractivity contribution >= 4 is 33.3 Å². The number of nitrogens with zero attached hydrogens (tertiary/aromatic N) is 2. The highest BCUT2D eigenvalue weighted by Crippen LogP contribution is 2.28. The van der Waals surface area contributed by atoms with E-state index in [2.05, 4.69) is 15.2 Å². The number of morpholine rings is 1.